The molecule has 1 aromatic rings. The van der Waals surface area contributed by atoms with Gasteiger partial charge in [0.2, 0.25) is 11.8 Å². The Hall–Kier alpha value is -2.04. The normalized spacial score (nSPS) is 26.9. The Kier molecular flexibility index (Phi) is 11.2. The van der Waals surface area contributed by atoms with Gasteiger partial charge in [-0.1, -0.05) is 43.7 Å². The van der Waals surface area contributed by atoms with E-state index < -0.39 is 43.4 Å². The third-order valence-corrected chi connectivity index (χ3v) is 5.51. The van der Waals surface area contributed by atoms with E-state index in [1.165, 1.54) is 6.92 Å². The van der Waals surface area contributed by atoms with Gasteiger partial charge >= 0.3 is 0 Å². The van der Waals surface area contributed by atoms with Gasteiger partial charge in [-0.25, -0.2) is 0 Å². The second kappa shape index (κ2) is 13.6. The maximum Gasteiger partial charge on any atom is 0.249 e. The number of nitrogens with one attached hydrogen (secondary N) is 2. The van der Waals surface area contributed by atoms with Gasteiger partial charge in [0.25, 0.3) is 0 Å². The molecule has 9 heteroatoms. The summed E-state index contributed by atoms with van der Waals surface area (Å²) < 4.78 is 17.4. The molecule has 1 aromatic carbocycles. The quantitative estimate of drug-likeness (QED) is 0.337. The van der Waals surface area contributed by atoms with Gasteiger partial charge in [-0.15, -0.1) is 0 Å². The number of carbonyl (C=O) groups excluding carboxylic acids is 2. The first-order valence-corrected chi connectivity index (χ1v) is 11.6. The minimum absolute atomic E-state index is 0.132. The van der Waals surface area contributed by atoms with E-state index in [-0.39, 0.29) is 17.9 Å². The number of unbranched alkanes of at least 4 members (excludes halogenated alkanes) is 1. The number of amides is 2. The average Bonchev–Trinajstić information content (AvgIpc) is 2.77. The summed E-state index contributed by atoms with van der Waals surface area (Å²) in [5, 5.41) is 26.1. The van der Waals surface area contributed by atoms with Gasteiger partial charge < -0.3 is 35.1 Å². The van der Waals surface area contributed by atoms with Gasteiger partial charge in [0, 0.05) is 19.6 Å². The molecule has 1 aliphatic heterocycles. The molecule has 2 amide bonds. The zero-order chi connectivity index (χ0) is 24.4. The second-order valence-electron chi connectivity index (χ2n) is 8.51. The van der Waals surface area contributed by atoms with Gasteiger partial charge in [0.1, 0.15) is 30.5 Å². The largest absolute Gasteiger partial charge is 0.394 e. The maximum atomic E-state index is 12.8. The molecule has 2 rings (SSSR count). The lowest BCUT2D eigenvalue weighted by Gasteiger charge is -2.44. The third-order valence-electron chi connectivity index (χ3n) is 5.51. The molecule has 186 valence electrons. The number of ether oxygens (including phenoxy) is 3. The summed E-state index contributed by atoms with van der Waals surface area (Å²) in [6, 6.07) is 8.83. The summed E-state index contributed by atoms with van der Waals surface area (Å²) in [5.41, 5.74) is 1.10. The zero-order valence-electron chi connectivity index (χ0n) is 19.9. The smallest absolute Gasteiger partial charge is 0.249 e. The first-order valence-electron chi connectivity index (χ1n) is 11.6. The van der Waals surface area contributed by atoms with E-state index in [1.54, 1.807) is 6.92 Å². The van der Waals surface area contributed by atoms with E-state index in [2.05, 4.69) is 10.6 Å². The lowest BCUT2D eigenvalue weighted by atomic mass is 9.96. The SMILES string of the molecule is CCCCO[C@H]1OC(CO)[C@@H](O)[C@H](O[C@@H](C)C(=O)N[C@@H](C)Cc2ccccc2)C1NC(C)=O. The van der Waals surface area contributed by atoms with Crippen LogP contribution in [0.4, 0.5) is 0 Å². The highest BCUT2D eigenvalue weighted by Gasteiger charge is 2.48. The lowest BCUT2D eigenvalue weighted by Crippen LogP contribution is -2.66. The van der Waals surface area contributed by atoms with Crippen LogP contribution in [0.5, 0.6) is 0 Å². The number of aliphatic hydroxyl groups excluding tert-OH is 2. The van der Waals surface area contributed by atoms with Gasteiger partial charge in [-0.3, -0.25) is 9.59 Å². The summed E-state index contributed by atoms with van der Waals surface area (Å²) >= 11 is 0. The van der Waals surface area contributed by atoms with E-state index in [1.807, 2.05) is 44.2 Å². The molecule has 1 saturated heterocycles. The Morgan fingerprint density at radius 3 is 2.52 bits per heavy atom. The molecule has 0 bridgehead atoms. The van der Waals surface area contributed by atoms with Crippen LogP contribution in [0.3, 0.4) is 0 Å². The Bertz CT molecular complexity index is 733. The average molecular weight is 467 g/mol. The fourth-order valence-corrected chi connectivity index (χ4v) is 3.78. The minimum atomic E-state index is -1.27. The molecule has 9 nitrogen and oxygen atoms in total. The van der Waals surface area contributed by atoms with E-state index in [0.717, 1.165) is 18.4 Å². The molecular formula is C24H38N2O7. The third kappa shape index (κ3) is 8.35. The second-order valence-corrected chi connectivity index (χ2v) is 8.51. The highest BCUT2D eigenvalue weighted by atomic mass is 16.7. The van der Waals surface area contributed by atoms with Crippen LogP contribution >= 0.6 is 0 Å². The minimum Gasteiger partial charge on any atom is -0.394 e. The maximum absolute atomic E-state index is 12.8. The van der Waals surface area contributed by atoms with Crippen molar-refractivity contribution in [3.05, 3.63) is 35.9 Å². The molecule has 33 heavy (non-hydrogen) atoms. The van der Waals surface area contributed by atoms with E-state index >= 15 is 0 Å². The molecule has 4 N–H and O–H groups in total. The number of aliphatic hydroxyl groups is 2. The summed E-state index contributed by atoms with van der Waals surface area (Å²) in [5.74, 6) is -0.702. The van der Waals surface area contributed by atoms with Crippen molar-refractivity contribution in [3.8, 4) is 0 Å². The van der Waals surface area contributed by atoms with Crippen LogP contribution in [0.1, 0.15) is 46.1 Å². The fourth-order valence-electron chi connectivity index (χ4n) is 3.78. The van der Waals surface area contributed by atoms with Crippen LogP contribution in [0.15, 0.2) is 30.3 Å². The zero-order valence-corrected chi connectivity index (χ0v) is 19.9. The highest BCUT2D eigenvalue weighted by Crippen LogP contribution is 2.26. The first kappa shape index (κ1) is 27.2. The van der Waals surface area contributed by atoms with Crippen LogP contribution in [0, 0.1) is 0 Å². The van der Waals surface area contributed by atoms with Crippen molar-refractivity contribution in [1.82, 2.24) is 10.6 Å². The topological polar surface area (TPSA) is 126 Å². The number of rotatable bonds is 12. The molecule has 2 unspecified atom stereocenters. The molecule has 1 fully saturated rings. The number of hydrogen-bond donors (Lipinski definition) is 4. The predicted octanol–water partition coefficient (Wildman–Crippen LogP) is 0.907. The molecule has 0 aromatic heterocycles. The highest BCUT2D eigenvalue weighted by molar-refractivity contribution is 5.80. The molecule has 1 aliphatic rings. The molecule has 1 heterocycles. The number of benzene rings is 1. The van der Waals surface area contributed by atoms with E-state index in [4.69, 9.17) is 14.2 Å². The van der Waals surface area contributed by atoms with Crippen molar-refractivity contribution in [2.24, 2.45) is 0 Å². The van der Waals surface area contributed by atoms with Gasteiger partial charge in [-0.2, -0.15) is 0 Å². The van der Waals surface area contributed by atoms with Crippen molar-refractivity contribution < 1.29 is 34.0 Å². The fraction of sp³-hybridized carbons (Fsp3) is 0.667. The molecular weight excluding hydrogens is 428 g/mol. The molecule has 0 saturated carbocycles. The summed E-state index contributed by atoms with van der Waals surface area (Å²) in [6.07, 6.45) is -2.77. The molecule has 0 aliphatic carbocycles. The van der Waals surface area contributed by atoms with Crippen molar-refractivity contribution in [3.63, 3.8) is 0 Å². The van der Waals surface area contributed by atoms with Crippen molar-refractivity contribution >= 4 is 11.8 Å². The van der Waals surface area contributed by atoms with Crippen LogP contribution < -0.4 is 10.6 Å². The summed E-state index contributed by atoms with van der Waals surface area (Å²) in [4.78, 5) is 24.6. The van der Waals surface area contributed by atoms with Gasteiger partial charge in [0.05, 0.1) is 6.61 Å². The monoisotopic (exact) mass is 466 g/mol. The van der Waals surface area contributed by atoms with Crippen LogP contribution in [0.2, 0.25) is 0 Å². The van der Waals surface area contributed by atoms with Crippen LogP contribution in [-0.4, -0.2) is 78.0 Å². The van der Waals surface area contributed by atoms with Crippen molar-refractivity contribution in [2.75, 3.05) is 13.2 Å². The summed E-state index contributed by atoms with van der Waals surface area (Å²) in [6.45, 7) is 6.76. The Labute approximate surface area is 195 Å². The Morgan fingerprint density at radius 2 is 1.91 bits per heavy atom. The molecule has 0 spiro atoms. The number of hydrogen-bond acceptors (Lipinski definition) is 7. The first-order chi connectivity index (χ1) is 15.8. The van der Waals surface area contributed by atoms with Gasteiger partial charge in [0.15, 0.2) is 6.29 Å². The van der Waals surface area contributed by atoms with Crippen LogP contribution in [-0.2, 0) is 30.2 Å². The van der Waals surface area contributed by atoms with E-state index in [9.17, 15) is 19.8 Å². The van der Waals surface area contributed by atoms with Crippen molar-refractivity contribution in [2.45, 2.75) is 89.7 Å². The van der Waals surface area contributed by atoms with Crippen molar-refractivity contribution in [1.29, 1.82) is 0 Å². The molecule has 7 atom stereocenters. The van der Waals surface area contributed by atoms with Gasteiger partial charge in [-0.05, 0) is 32.3 Å². The standard InChI is InChI=1S/C24H38N2O7/c1-5-6-12-31-24-20(26-17(4)28)22(21(29)19(14-27)33-24)32-16(3)23(30)25-15(2)13-18-10-8-7-9-11-18/h7-11,15-16,19-22,24,27,29H,5-6,12-14H2,1-4H3,(H,25,30)(H,26,28)/t15-,16-,19?,20?,21+,22+,24-/m0/s1. The number of carbonyl (C=O) groups is 2. The van der Waals surface area contributed by atoms with E-state index in [0.29, 0.717) is 13.0 Å². The van der Waals surface area contributed by atoms with Crippen LogP contribution in [0.25, 0.3) is 0 Å². The Balaban J connectivity index is 2.07. The molecule has 0 radical (unpaired) electrons. The lowest BCUT2D eigenvalue weighted by molar-refractivity contribution is -0.280. The summed E-state index contributed by atoms with van der Waals surface area (Å²) in [7, 11) is 0. The predicted molar refractivity (Wildman–Crippen MR) is 122 cm³/mol. The Morgan fingerprint density at radius 1 is 1.21 bits per heavy atom.